The molecule has 0 radical (unpaired) electrons. The molecular weight excluding hydrogens is 292 g/mol. The van der Waals surface area contributed by atoms with Gasteiger partial charge in [0.05, 0.1) is 5.69 Å². The van der Waals surface area contributed by atoms with Gasteiger partial charge < -0.3 is 0 Å². The molecule has 0 saturated heterocycles. The molecule has 0 aliphatic heterocycles. The van der Waals surface area contributed by atoms with Crippen molar-refractivity contribution in [2.75, 3.05) is 0 Å². The molecule has 23 heavy (non-hydrogen) atoms. The Kier molecular flexibility index (Phi) is 3.89. The SMILES string of the molecule is Cc1ccc(C)c(C(=O)Cn2nnn(-c3ccccc3)c2=O)c1. The quantitative estimate of drug-likeness (QED) is 0.691. The summed E-state index contributed by atoms with van der Waals surface area (Å²) in [7, 11) is 0. The minimum Gasteiger partial charge on any atom is -0.292 e. The maximum absolute atomic E-state index is 12.4. The van der Waals surface area contributed by atoms with Crippen LogP contribution in [-0.2, 0) is 6.54 Å². The van der Waals surface area contributed by atoms with E-state index in [-0.39, 0.29) is 12.3 Å². The van der Waals surface area contributed by atoms with Crippen LogP contribution in [0.4, 0.5) is 0 Å². The molecule has 0 atom stereocenters. The highest BCUT2D eigenvalue weighted by Gasteiger charge is 2.15. The second-order valence-corrected chi connectivity index (χ2v) is 5.41. The van der Waals surface area contributed by atoms with E-state index in [1.807, 2.05) is 50.2 Å². The molecule has 0 N–H and O–H groups in total. The molecule has 1 aromatic heterocycles. The van der Waals surface area contributed by atoms with E-state index in [0.29, 0.717) is 11.3 Å². The first-order valence-corrected chi connectivity index (χ1v) is 7.25. The Bertz CT molecular complexity index is 910. The Morgan fingerprint density at radius 1 is 1.04 bits per heavy atom. The Morgan fingerprint density at radius 3 is 2.52 bits per heavy atom. The van der Waals surface area contributed by atoms with Crippen molar-refractivity contribution in [2.45, 2.75) is 20.4 Å². The summed E-state index contributed by atoms with van der Waals surface area (Å²) in [5, 5.41) is 7.64. The van der Waals surface area contributed by atoms with Gasteiger partial charge in [0.1, 0.15) is 6.54 Å². The molecule has 6 nitrogen and oxygen atoms in total. The van der Waals surface area contributed by atoms with Crippen LogP contribution in [0.25, 0.3) is 5.69 Å². The Balaban J connectivity index is 1.90. The van der Waals surface area contributed by atoms with Crippen molar-refractivity contribution < 1.29 is 4.79 Å². The van der Waals surface area contributed by atoms with E-state index in [0.717, 1.165) is 15.8 Å². The fourth-order valence-electron chi connectivity index (χ4n) is 2.36. The van der Waals surface area contributed by atoms with Gasteiger partial charge in [0.2, 0.25) is 0 Å². The lowest BCUT2D eigenvalue weighted by atomic mass is 10.0. The molecule has 2 aromatic carbocycles. The van der Waals surface area contributed by atoms with E-state index >= 15 is 0 Å². The molecule has 116 valence electrons. The maximum Gasteiger partial charge on any atom is 0.368 e. The number of Topliss-reactive ketones (excluding diaryl/α,β-unsaturated/α-hetero) is 1. The predicted molar refractivity (Wildman–Crippen MR) is 85.9 cm³/mol. The normalized spacial score (nSPS) is 10.7. The van der Waals surface area contributed by atoms with Crippen molar-refractivity contribution in [3.05, 3.63) is 75.7 Å². The van der Waals surface area contributed by atoms with Gasteiger partial charge in [-0.3, -0.25) is 4.79 Å². The first kappa shape index (κ1) is 14.9. The van der Waals surface area contributed by atoms with E-state index in [1.54, 1.807) is 12.1 Å². The van der Waals surface area contributed by atoms with E-state index < -0.39 is 5.69 Å². The minimum absolute atomic E-state index is 0.129. The summed E-state index contributed by atoms with van der Waals surface area (Å²) in [6, 6.07) is 14.6. The molecule has 3 rings (SSSR count). The van der Waals surface area contributed by atoms with E-state index in [9.17, 15) is 9.59 Å². The van der Waals surface area contributed by atoms with Gasteiger partial charge in [0.15, 0.2) is 5.78 Å². The fraction of sp³-hybridized carbons (Fsp3) is 0.176. The second kappa shape index (κ2) is 6.00. The zero-order chi connectivity index (χ0) is 16.4. The van der Waals surface area contributed by atoms with Crippen LogP contribution >= 0.6 is 0 Å². The van der Waals surface area contributed by atoms with Crippen LogP contribution in [0.5, 0.6) is 0 Å². The zero-order valence-electron chi connectivity index (χ0n) is 12.9. The average molecular weight is 308 g/mol. The van der Waals surface area contributed by atoms with Crippen molar-refractivity contribution >= 4 is 5.78 Å². The maximum atomic E-state index is 12.4. The summed E-state index contributed by atoms with van der Waals surface area (Å²) in [6.07, 6.45) is 0. The molecular formula is C17H16N4O2. The number of hydrogen-bond donors (Lipinski definition) is 0. The molecule has 0 aliphatic carbocycles. The van der Waals surface area contributed by atoms with Crippen molar-refractivity contribution in [1.82, 2.24) is 19.8 Å². The van der Waals surface area contributed by atoms with Gasteiger partial charge in [-0.25, -0.2) is 4.79 Å². The number of tetrazole rings is 1. The van der Waals surface area contributed by atoms with E-state index in [4.69, 9.17) is 0 Å². The summed E-state index contributed by atoms with van der Waals surface area (Å²) in [6.45, 7) is 3.67. The van der Waals surface area contributed by atoms with Crippen LogP contribution in [0, 0.1) is 13.8 Å². The molecule has 1 heterocycles. The Labute approximate surface area is 133 Å². The van der Waals surface area contributed by atoms with Crippen LogP contribution in [0.2, 0.25) is 0 Å². The lowest BCUT2D eigenvalue weighted by Crippen LogP contribution is -2.27. The molecule has 0 spiro atoms. The molecule has 6 heteroatoms. The third-order valence-electron chi connectivity index (χ3n) is 3.63. The van der Waals surface area contributed by atoms with Crippen molar-refractivity contribution in [1.29, 1.82) is 0 Å². The van der Waals surface area contributed by atoms with Gasteiger partial charge >= 0.3 is 5.69 Å². The number of aryl methyl sites for hydroxylation is 2. The molecule has 0 fully saturated rings. The molecule has 0 amide bonds. The number of hydrogen-bond acceptors (Lipinski definition) is 4. The van der Waals surface area contributed by atoms with Crippen LogP contribution in [-0.4, -0.2) is 25.6 Å². The lowest BCUT2D eigenvalue weighted by Gasteiger charge is -2.05. The minimum atomic E-state index is -0.435. The number of nitrogens with zero attached hydrogens (tertiary/aromatic N) is 4. The third-order valence-corrected chi connectivity index (χ3v) is 3.63. The standard InChI is InChI=1S/C17H16N4O2/c1-12-8-9-13(2)15(10-12)16(22)11-20-17(23)21(19-18-20)14-6-4-3-5-7-14/h3-10H,11H2,1-2H3. The number of benzene rings is 2. The van der Waals surface area contributed by atoms with Gasteiger partial charge in [-0.1, -0.05) is 35.9 Å². The summed E-state index contributed by atoms with van der Waals surface area (Å²) in [5.74, 6) is -0.159. The number of carbonyl (C=O) groups is 1. The average Bonchev–Trinajstić information content (AvgIpc) is 2.91. The highest BCUT2D eigenvalue weighted by molar-refractivity contribution is 5.97. The topological polar surface area (TPSA) is 69.8 Å². The largest absolute Gasteiger partial charge is 0.368 e. The number of aromatic nitrogens is 4. The summed E-state index contributed by atoms with van der Waals surface area (Å²) in [5.41, 5.74) is 2.66. The second-order valence-electron chi connectivity index (χ2n) is 5.41. The summed E-state index contributed by atoms with van der Waals surface area (Å²) < 4.78 is 2.26. The fourth-order valence-corrected chi connectivity index (χ4v) is 2.36. The van der Waals surface area contributed by atoms with Gasteiger partial charge in [-0.05, 0) is 48.0 Å². The van der Waals surface area contributed by atoms with Gasteiger partial charge in [-0.2, -0.15) is 9.36 Å². The first-order chi connectivity index (χ1) is 11.1. The van der Waals surface area contributed by atoms with Gasteiger partial charge in [0, 0.05) is 5.56 Å². The van der Waals surface area contributed by atoms with Crippen LogP contribution in [0.15, 0.2) is 53.3 Å². The molecule has 0 unspecified atom stereocenters. The molecule has 3 aromatic rings. The molecule has 0 aliphatic rings. The van der Waals surface area contributed by atoms with Gasteiger partial charge in [0.25, 0.3) is 0 Å². The highest BCUT2D eigenvalue weighted by Crippen LogP contribution is 2.12. The Hall–Kier alpha value is -3.02. The third kappa shape index (κ3) is 2.96. The number of rotatable bonds is 4. The van der Waals surface area contributed by atoms with Crippen molar-refractivity contribution in [3.63, 3.8) is 0 Å². The van der Waals surface area contributed by atoms with Crippen molar-refractivity contribution in [2.24, 2.45) is 0 Å². The first-order valence-electron chi connectivity index (χ1n) is 7.25. The summed E-state index contributed by atoms with van der Waals surface area (Å²) in [4.78, 5) is 24.8. The van der Waals surface area contributed by atoms with Crippen molar-refractivity contribution in [3.8, 4) is 5.69 Å². The lowest BCUT2D eigenvalue weighted by molar-refractivity contribution is 0.0965. The molecule has 0 bridgehead atoms. The zero-order valence-corrected chi connectivity index (χ0v) is 12.9. The van der Waals surface area contributed by atoms with Crippen LogP contribution in [0.1, 0.15) is 21.5 Å². The number of para-hydroxylation sites is 1. The number of ketones is 1. The van der Waals surface area contributed by atoms with Gasteiger partial charge in [-0.15, -0.1) is 0 Å². The predicted octanol–water partition coefficient (Wildman–Crippen LogP) is 1.93. The summed E-state index contributed by atoms with van der Waals surface area (Å²) >= 11 is 0. The molecule has 0 saturated carbocycles. The van der Waals surface area contributed by atoms with E-state index in [1.165, 1.54) is 4.68 Å². The van der Waals surface area contributed by atoms with E-state index in [2.05, 4.69) is 10.4 Å². The smallest absolute Gasteiger partial charge is 0.292 e. The monoisotopic (exact) mass is 308 g/mol. The Morgan fingerprint density at radius 2 is 1.78 bits per heavy atom. The number of carbonyl (C=O) groups excluding carboxylic acids is 1. The van der Waals surface area contributed by atoms with Crippen LogP contribution in [0.3, 0.4) is 0 Å². The van der Waals surface area contributed by atoms with Crippen LogP contribution < -0.4 is 5.69 Å². The highest BCUT2D eigenvalue weighted by atomic mass is 16.2.